The minimum atomic E-state index is -0.751. The molecule has 8 nitrogen and oxygen atoms in total. The average Bonchev–Trinajstić information content (AvgIpc) is 2.82. The number of halogens is 1. The van der Waals surface area contributed by atoms with Gasteiger partial charge in [0.1, 0.15) is 6.07 Å². The minimum absolute atomic E-state index is 0.119. The molecule has 2 rings (SSSR count). The van der Waals surface area contributed by atoms with Crippen LogP contribution in [0, 0.1) is 21.4 Å². The second-order valence-electron chi connectivity index (χ2n) is 4.21. The van der Waals surface area contributed by atoms with Crippen molar-refractivity contribution in [1.82, 2.24) is 9.55 Å². The number of nitrogens with zero attached hydrogens (tertiary/aromatic N) is 4. The van der Waals surface area contributed by atoms with Crippen LogP contribution in [0.15, 0.2) is 28.7 Å². The summed E-state index contributed by atoms with van der Waals surface area (Å²) in [5.41, 5.74) is 0.145. The van der Waals surface area contributed by atoms with E-state index in [1.54, 1.807) is 30.3 Å². The molecule has 0 bridgehead atoms. The summed E-state index contributed by atoms with van der Waals surface area (Å²) in [7, 11) is 1.45. The van der Waals surface area contributed by atoms with Crippen molar-refractivity contribution >= 4 is 27.7 Å². The summed E-state index contributed by atoms with van der Waals surface area (Å²) in [4.78, 5) is 25.6. The molecule has 0 fully saturated rings. The Bertz CT molecular complexity index is 777. The van der Waals surface area contributed by atoms with Crippen LogP contribution in [0.25, 0.3) is 0 Å². The van der Waals surface area contributed by atoms with Crippen LogP contribution in [0.4, 0.5) is 5.82 Å². The van der Waals surface area contributed by atoms with Crippen LogP contribution in [0.5, 0.6) is 0 Å². The van der Waals surface area contributed by atoms with Gasteiger partial charge >= 0.3 is 11.8 Å². The van der Waals surface area contributed by atoms with Crippen LogP contribution in [0.3, 0.4) is 0 Å². The summed E-state index contributed by atoms with van der Waals surface area (Å²) >= 11 is 3.25. The molecule has 0 aliphatic rings. The minimum Gasteiger partial charge on any atom is -0.451 e. The molecular formula is C13H9BrN4O4. The van der Waals surface area contributed by atoms with Crippen LogP contribution < -0.4 is 0 Å². The summed E-state index contributed by atoms with van der Waals surface area (Å²) in [5.74, 6) is -1.02. The monoisotopic (exact) mass is 364 g/mol. The summed E-state index contributed by atoms with van der Waals surface area (Å²) in [6.45, 7) is -0.270. The van der Waals surface area contributed by atoms with E-state index in [9.17, 15) is 14.9 Å². The average molecular weight is 365 g/mol. The number of esters is 1. The maximum Gasteiger partial charge on any atom is 0.400 e. The number of benzene rings is 1. The fourth-order valence-corrected chi connectivity index (χ4v) is 1.97. The fourth-order valence-electron chi connectivity index (χ4n) is 1.71. The molecule has 22 heavy (non-hydrogen) atoms. The highest BCUT2D eigenvalue weighted by Crippen LogP contribution is 2.18. The fraction of sp³-hybridized carbons (Fsp3) is 0.154. The van der Waals surface area contributed by atoms with Gasteiger partial charge in [0.2, 0.25) is 5.69 Å². The quantitative estimate of drug-likeness (QED) is 0.467. The summed E-state index contributed by atoms with van der Waals surface area (Å²) in [6, 6.07) is 8.24. The van der Waals surface area contributed by atoms with Crippen molar-refractivity contribution in [3.05, 3.63) is 55.9 Å². The first-order chi connectivity index (χ1) is 10.4. The van der Waals surface area contributed by atoms with Gasteiger partial charge in [-0.15, -0.1) is 0 Å². The lowest BCUT2D eigenvalue weighted by Gasteiger charge is -2.03. The lowest BCUT2D eigenvalue weighted by Crippen LogP contribution is -2.08. The standard InChI is InChI=1S/C13H9BrN4O4/c1-17-10(6-15)12(18(20)21)16-11(17)7-22-13(19)8-2-4-9(14)5-3-8/h2-5H,7H2,1H3. The lowest BCUT2D eigenvalue weighted by atomic mass is 10.2. The number of hydrogen-bond donors (Lipinski definition) is 0. The number of rotatable bonds is 4. The van der Waals surface area contributed by atoms with Gasteiger partial charge in [-0.25, -0.2) is 4.79 Å². The number of hydrogen-bond acceptors (Lipinski definition) is 6. The molecule has 0 atom stereocenters. The van der Waals surface area contributed by atoms with E-state index in [1.807, 2.05) is 0 Å². The molecule has 0 radical (unpaired) electrons. The van der Waals surface area contributed by atoms with E-state index < -0.39 is 16.7 Å². The first kappa shape index (κ1) is 15.7. The van der Waals surface area contributed by atoms with Gasteiger partial charge in [-0.3, -0.25) is 4.57 Å². The molecule has 9 heteroatoms. The number of nitro groups is 1. The predicted octanol–water partition coefficient (Wildman–Crippen LogP) is 2.32. The molecule has 1 heterocycles. The van der Waals surface area contributed by atoms with Crippen LogP contribution in [-0.2, 0) is 18.4 Å². The van der Waals surface area contributed by atoms with Gasteiger partial charge in [0.25, 0.3) is 5.82 Å². The third kappa shape index (κ3) is 3.12. The van der Waals surface area contributed by atoms with Crippen molar-refractivity contribution in [2.24, 2.45) is 7.05 Å². The Morgan fingerprint density at radius 3 is 2.64 bits per heavy atom. The molecule has 0 spiro atoms. The van der Waals surface area contributed by atoms with Crippen molar-refractivity contribution < 1.29 is 14.5 Å². The Balaban J connectivity index is 2.15. The second kappa shape index (κ2) is 6.36. The summed E-state index contributed by atoms with van der Waals surface area (Å²) in [5, 5.41) is 19.7. The highest BCUT2D eigenvalue weighted by Gasteiger charge is 2.26. The Labute approximate surface area is 133 Å². The number of ether oxygens (including phenoxy) is 1. The number of carbonyl (C=O) groups excluding carboxylic acids is 1. The first-order valence-corrected chi connectivity index (χ1v) is 6.76. The molecule has 1 aromatic heterocycles. The van der Waals surface area contributed by atoms with Gasteiger partial charge in [0.15, 0.2) is 6.61 Å². The molecule has 112 valence electrons. The van der Waals surface area contributed by atoms with Gasteiger partial charge in [-0.1, -0.05) is 15.9 Å². The largest absolute Gasteiger partial charge is 0.451 e. The third-order valence-electron chi connectivity index (χ3n) is 2.86. The zero-order valence-corrected chi connectivity index (χ0v) is 12.9. The van der Waals surface area contributed by atoms with E-state index in [0.29, 0.717) is 5.56 Å². The van der Waals surface area contributed by atoms with Crippen LogP contribution >= 0.6 is 15.9 Å². The zero-order valence-electron chi connectivity index (χ0n) is 11.3. The smallest absolute Gasteiger partial charge is 0.400 e. The van der Waals surface area contributed by atoms with Crippen molar-refractivity contribution in [3.8, 4) is 6.07 Å². The van der Waals surface area contributed by atoms with E-state index >= 15 is 0 Å². The Kier molecular flexibility index (Phi) is 4.53. The molecule has 0 unspecified atom stereocenters. The number of imidazole rings is 1. The molecule has 0 amide bonds. The van der Waals surface area contributed by atoms with Crippen molar-refractivity contribution in [2.75, 3.05) is 0 Å². The third-order valence-corrected chi connectivity index (χ3v) is 3.39. The number of nitriles is 1. The Morgan fingerprint density at radius 2 is 2.14 bits per heavy atom. The van der Waals surface area contributed by atoms with E-state index in [0.717, 1.165) is 4.47 Å². The van der Waals surface area contributed by atoms with Gasteiger partial charge in [0, 0.05) is 11.5 Å². The molecule has 0 N–H and O–H groups in total. The maximum atomic E-state index is 11.9. The van der Waals surface area contributed by atoms with Gasteiger partial charge < -0.3 is 14.9 Å². The van der Waals surface area contributed by atoms with E-state index in [-0.39, 0.29) is 18.1 Å². The topological polar surface area (TPSA) is 111 Å². The van der Waals surface area contributed by atoms with E-state index in [1.165, 1.54) is 11.6 Å². The molecule has 0 aliphatic heterocycles. The summed E-state index contributed by atoms with van der Waals surface area (Å²) < 4.78 is 7.11. The Morgan fingerprint density at radius 1 is 1.50 bits per heavy atom. The SMILES string of the molecule is Cn1c(COC(=O)c2ccc(Br)cc2)nc([N+](=O)[O-])c1C#N. The number of carbonyl (C=O) groups is 1. The predicted molar refractivity (Wildman–Crippen MR) is 77.8 cm³/mol. The second-order valence-corrected chi connectivity index (χ2v) is 5.13. The van der Waals surface area contributed by atoms with Crippen molar-refractivity contribution in [2.45, 2.75) is 6.61 Å². The molecule has 2 aromatic rings. The van der Waals surface area contributed by atoms with Crippen molar-refractivity contribution in [3.63, 3.8) is 0 Å². The van der Waals surface area contributed by atoms with Crippen molar-refractivity contribution in [1.29, 1.82) is 5.26 Å². The highest BCUT2D eigenvalue weighted by molar-refractivity contribution is 9.10. The molecular weight excluding hydrogens is 356 g/mol. The van der Waals surface area contributed by atoms with E-state index in [4.69, 9.17) is 10.00 Å². The van der Waals surface area contributed by atoms with Gasteiger partial charge in [-0.2, -0.15) is 5.26 Å². The summed E-state index contributed by atoms with van der Waals surface area (Å²) in [6.07, 6.45) is 0. The number of aromatic nitrogens is 2. The molecule has 1 aromatic carbocycles. The van der Waals surface area contributed by atoms with Gasteiger partial charge in [0.05, 0.1) is 5.56 Å². The molecule has 0 aliphatic carbocycles. The normalized spacial score (nSPS) is 10.0. The zero-order chi connectivity index (χ0) is 16.3. The lowest BCUT2D eigenvalue weighted by molar-refractivity contribution is -0.389. The first-order valence-electron chi connectivity index (χ1n) is 5.96. The Hall–Kier alpha value is -2.73. The van der Waals surface area contributed by atoms with Gasteiger partial charge in [-0.05, 0) is 34.2 Å². The van der Waals surface area contributed by atoms with E-state index in [2.05, 4.69) is 20.9 Å². The van der Waals surface area contributed by atoms with Crippen LogP contribution in [-0.4, -0.2) is 20.4 Å². The maximum absolute atomic E-state index is 11.9. The molecule has 0 saturated carbocycles. The highest BCUT2D eigenvalue weighted by atomic mass is 79.9. The molecule has 0 saturated heterocycles. The van der Waals surface area contributed by atoms with Crippen LogP contribution in [0.2, 0.25) is 0 Å². The van der Waals surface area contributed by atoms with Crippen LogP contribution in [0.1, 0.15) is 21.9 Å².